The Morgan fingerprint density at radius 2 is 1.76 bits per heavy atom. The van der Waals surface area contributed by atoms with Crippen molar-refractivity contribution in [3.05, 3.63) is 29.8 Å². The molecular weight excluding hydrogens is 326 g/mol. The molecule has 0 spiro atoms. The number of rotatable bonds is 6. The molecule has 1 aliphatic heterocycles. The summed E-state index contributed by atoms with van der Waals surface area (Å²) in [6, 6.07) is 9.06. The van der Waals surface area contributed by atoms with Crippen molar-refractivity contribution in [1.29, 1.82) is 0 Å². The topological polar surface area (TPSA) is 12.5 Å². The summed E-state index contributed by atoms with van der Waals surface area (Å²) >= 11 is 3.50. The molecular formula is C18H26BrNO. The van der Waals surface area contributed by atoms with Gasteiger partial charge in [-0.2, -0.15) is 0 Å². The van der Waals surface area contributed by atoms with E-state index < -0.39 is 0 Å². The smallest absolute Gasteiger partial charge is 0.0609 e. The third-order valence-electron chi connectivity index (χ3n) is 4.92. The minimum Gasteiger partial charge on any atom is -0.378 e. The van der Waals surface area contributed by atoms with Crippen molar-refractivity contribution in [2.45, 2.75) is 44.6 Å². The summed E-state index contributed by atoms with van der Waals surface area (Å²) in [5, 5.41) is 1.04. The molecule has 1 aromatic carbocycles. The lowest BCUT2D eigenvalue weighted by atomic mass is 9.86. The lowest BCUT2D eigenvalue weighted by molar-refractivity contribution is -0.000937. The highest BCUT2D eigenvalue weighted by Crippen LogP contribution is 2.28. The van der Waals surface area contributed by atoms with E-state index in [1.807, 2.05) is 0 Å². The molecule has 1 aromatic rings. The zero-order valence-electron chi connectivity index (χ0n) is 12.8. The first-order valence-electron chi connectivity index (χ1n) is 8.36. The van der Waals surface area contributed by atoms with Crippen LogP contribution in [-0.4, -0.2) is 31.1 Å². The largest absolute Gasteiger partial charge is 0.378 e. The van der Waals surface area contributed by atoms with Gasteiger partial charge in [-0.3, -0.25) is 0 Å². The molecule has 0 radical (unpaired) electrons. The van der Waals surface area contributed by atoms with Crippen molar-refractivity contribution >= 4 is 21.6 Å². The summed E-state index contributed by atoms with van der Waals surface area (Å²) in [5.74, 6) is 0.866. The maximum atomic E-state index is 6.09. The first-order chi connectivity index (χ1) is 10.3. The number of hydrogen-bond donors (Lipinski definition) is 0. The number of anilines is 1. The van der Waals surface area contributed by atoms with E-state index in [0.717, 1.165) is 37.4 Å². The van der Waals surface area contributed by atoms with E-state index in [-0.39, 0.29) is 0 Å². The number of nitrogens with zero attached hydrogens (tertiary/aromatic N) is 1. The number of halogens is 1. The minimum absolute atomic E-state index is 0.495. The molecule has 0 aromatic heterocycles. The third-order valence-corrected chi connectivity index (χ3v) is 5.32. The van der Waals surface area contributed by atoms with Crippen LogP contribution in [0.3, 0.4) is 0 Å². The fraction of sp³-hybridized carbons (Fsp3) is 0.667. The second kappa shape index (κ2) is 7.64. The van der Waals surface area contributed by atoms with Gasteiger partial charge in [-0.05, 0) is 55.7 Å². The van der Waals surface area contributed by atoms with Crippen LogP contribution in [0.1, 0.15) is 37.7 Å². The number of hydrogen-bond acceptors (Lipinski definition) is 2. The monoisotopic (exact) mass is 351 g/mol. The highest BCUT2D eigenvalue weighted by atomic mass is 79.9. The summed E-state index contributed by atoms with van der Waals surface area (Å²) in [4.78, 5) is 2.50. The van der Waals surface area contributed by atoms with Gasteiger partial charge in [0.05, 0.1) is 6.10 Å². The summed E-state index contributed by atoms with van der Waals surface area (Å²) in [5.41, 5.74) is 2.78. The van der Waals surface area contributed by atoms with Crippen LogP contribution < -0.4 is 4.90 Å². The van der Waals surface area contributed by atoms with E-state index >= 15 is 0 Å². The second-order valence-electron chi connectivity index (χ2n) is 6.42. The molecule has 0 N–H and O–H groups in total. The van der Waals surface area contributed by atoms with Crippen LogP contribution in [0.2, 0.25) is 0 Å². The summed E-state index contributed by atoms with van der Waals surface area (Å²) in [6.45, 7) is 3.27. The molecule has 2 nitrogen and oxygen atoms in total. The first-order valence-corrected chi connectivity index (χ1v) is 9.49. The van der Waals surface area contributed by atoms with Crippen molar-refractivity contribution in [2.24, 2.45) is 5.92 Å². The Bertz CT molecular complexity index is 421. The number of alkyl halides is 1. The van der Waals surface area contributed by atoms with Crippen LogP contribution >= 0.6 is 15.9 Å². The van der Waals surface area contributed by atoms with E-state index in [1.54, 1.807) is 0 Å². The molecule has 0 amide bonds. The first kappa shape index (κ1) is 15.4. The predicted octanol–water partition coefficient (Wildman–Crippen LogP) is 4.41. The molecule has 2 fully saturated rings. The highest BCUT2D eigenvalue weighted by molar-refractivity contribution is 9.09. The standard InChI is InChI=1S/C18H26BrNO/c19-11-8-15-4-6-17(7-5-15)20-12-9-18(10-13-20)21-14-16-2-1-3-16/h4-7,16,18H,1-3,8-14H2. The molecule has 1 aliphatic carbocycles. The summed E-state index contributed by atoms with van der Waals surface area (Å²) < 4.78 is 6.09. The Morgan fingerprint density at radius 1 is 1.05 bits per heavy atom. The number of piperidine rings is 1. The van der Waals surface area contributed by atoms with Crippen LogP contribution in [-0.2, 0) is 11.2 Å². The Balaban J connectivity index is 1.43. The third kappa shape index (κ3) is 4.23. The second-order valence-corrected chi connectivity index (χ2v) is 7.22. The van der Waals surface area contributed by atoms with Gasteiger partial charge in [0.15, 0.2) is 0 Å². The molecule has 0 bridgehead atoms. The van der Waals surface area contributed by atoms with Crippen LogP contribution in [0.5, 0.6) is 0 Å². The van der Waals surface area contributed by atoms with Gasteiger partial charge in [-0.25, -0.2) is 0 Å². The number of aryl methyl sites for hydroxylation is 1. The van der Waals surface area contributed by atoms with Gasteiger partial charge in [0.25, 0.3) is 0 Å². The average molecular weight is 352 g/mol. The van der Waals surface area contributed by atoms with E-state index in [4.69, 9.17) is 4.74 Å². The van der Waals surface area contributed by atoms with Crippen LogP contribution in [0.25, 0.3) is 0 Å². The van der Waals surface area contributed by atoms with Gasteiger partial charge in [0.1, 0.15) is 0 Å². The van der Waals surface area contributed by atoms with Gasteiger partial charge in [0, 0.05) is 30.7 Å². The van der Waals surface area contributed by atoms with Crippen molar-refractivity contribution in [3.63, 3.8) is 0 Å². The van der Waals surface area contributed by atoms with Gasteiger partial charge in [0.2, 0.25) is 0 Å². The summed E-state index contributed by atoms with van der Waals surface area (Å²) in [6.07, 6.45) is 8.15. The fourth-order valence-corrected chi connectivity index (χ4v) is 3.65. The molecule has 0 unspecified atom stereocenters. The Kier molecular flexibility index (Phi) is 5.59. The van der Waals surface area contributed by atoms with Crippen LogP contribution in [0.15, 0.2) is 24.3 Å². The zero-order valence-corrected chi connectivity index (χ0v) is 14.4. The molecule has 3 heteroatoms. The quantitative estimate of drug-likeness (QED) is 0.703. The molecule has 116 valence electrons. The maximum absolute atomic E-state index is 6.09. The number of benzene rings is 1. The minimum atomic E-state index is 0.495. The normalized spacial score (nSPS) is 20.5. The zero-order chi connectivity index (χ0) is 14.5. The van der Waals surface area contributed by atoms with Gasteiger partial charge >= 0.3 is 0 Å². The Morgan fingerprint density at radius 3 is 2.33 bits per heavy atom. The van der Waals surface area contributed by atoms with Crippen molar-refractivity contribution in [3.8, 4) is 0 Å². The molecule has 2 aliphatic rings. The van der Waals surface area contributed by atoms with E-state index in [1.165, 1.54) is 43.4 Å². The van der Waals surface area contributed by atoms with Crippen LogP contribution in [0, 0.1) is 5.92 Å². The Hall–Kier alpha value is -0.540. The van der Waals surface area contributed by atoms with Gasteiger partial charge in [-0.15, -0.1) is 0 Å². The highest BCUT2D eigenvalue weighted by Gasteiger charge is 2.23. The molecule has 1 heterocycles. The van der Waals surface area contributed by atoms with Crippen molar-refractivity contribution in [1.82, 2.24) is 0 Å². The van der Waals surface area contributed by atoms with E-state index in [9.17, 15) is 0 Å². The predicted molar refractivity (Wildman–Crippen MR) is 92.5 cm³/mol. The van der Waals surface area contributed by atoms with Crippen molar-refractivity contribution < 1.29 is 4.74 Å². The Labute approximate surface area is 137 Å². The van der Waals surface area contributed by atoms with E-state index in [0.29, 0.717) is 6.10 Å². The van der Waals surface area contributed by atoms with Crippen LogP contribution in [0.4, 0.5) is 5.69 Å². The van der Waals surface area contributed by atoms with Crippen molar-refractivity contribution in [2.75, 3.05) is 29.9 Å². The lowest BCUT2D eigenvalue weighted by Gasteiger charge is -2.35. The number of ether oxygens (including phenoxy) is 1. The molecule has 3 rings (SSSR count). The maximum Gasteiger partial charge on any atom is 0.0609 e. The van der Waals surface area contributed by atoms with Gasteiger partial charge in [-0.1, -0.05) is 34.5 Å². The summed E-state index contributed by atoms with van der Waals surface area (Å²) in [7, 11) is 0. The SMILES string of the molecule is BrCCc1ccc(N2CCC(OCC3CCC3)CC2)cc1. The molecule has 0 atom stereocenters. The molecule has 1 saturated carbocycles. The molecule has 21 heavy (non-hydrogen) atoms. The van der Waals surface area contributed by atoms with Gasteiger partial charge < -0.3 is 9.64 Å². The lowest BCUT2D eigenvalue weighted by Crippen LogP contribution is -2.38. The fourth-order valence-electron chi connectivity index (χ4n) is 3.19. The average Bonchev–Trinajstić information content (AvgIpc) is 2.48. The van der Waals surface area contributed by atoms with E-state index in [2.05, 4.69) is 45.1 Å². The molecule has 1 saturated heterocycles.